The van der Waals surface area contributed by atoms with Crippen LogP contribution in [0, 0.1) is 0 Å². The van der Waals surface area contributed by atoms with Crippen molar-refractivity contribution >= 4 is 34.7 Å². The van der Waals surface area contributed by atoms with E-state index in [-0.39, 0.29) is 23.5 Å². The van der Waals surface area contributed by atoms with Crippen LogP contribution in [0.5, 0.6) is 17.2 Å². The van der Waals surface area contributed by atoms with Gasteiger partial charge in [-0.2, -0.15) is 18.3 Å². The molecule has 0 spiro atoms. The Balaban J connectivity index is 1.24. The Morgan fingerprint density at radius 3 is 2.33 bits per heavy atom. The second-order valence-corrected chi connectivity index (χ2v) is 12.9. The van der Waals surface area contributed by atoms with E-state index >= 15 is 0 Å². The van der Waals surface area contributed by atoms with Crippen molar-refractivity contribution in [3.8, 4) is 17.2 Å². The SMILES string of the molecule is COc1ccc(Cn2nc(NC3CCN(C(=O)OC(C)(C)C)C3)c3c(Oc4ccc(C(=O)Nc5cc(C(F)(F)F)ccn5)cc4)ccnc32)cc1. The van der Waals surface area contributed by atoms with E-state index in [2.05, 4.69) is 20.6 Å². The molecule has 3 aromatic heterocycles. The van der Waals surface area contributed by atoms with Crippen molar-refractivity contribution in [2.75, 3.05) is 30.8 Å². The lowest BCUT2D eigenvalue weighted by Gasteiger charge is -2.24. The van der Waals surface area contributed by atoms with Gasteiger partial charge in [0, 0.05) is 43.2 Å². The van der Waals surface area contributed by atoms with Crippen LogP contribution >= 0.6 is 0 Å². The summed E-state index contributed by atoms with van der Waals surface area (Å²) in [4.78, 5) is 35.7. The fraction of sp³-hybridized carbons (Fsp3) is 0.306. The molecule has 0 bridgehead atoms. The number of halogens is 3. The lowest BCUT2D eigenvalue weighted by atomic mass is 10.2. The van der Waals surface area contributed by atoms with Gasteiger partial charge in [0.25, 0.3) is 5.91 Å². The van der Waals surface area contributed by atoms with Crippen LogP contribution in [0.15, 0.2) is 79.1 Å². The van der Waals surface area contributed by atoms with Crippen molar-refractivity contribution in [1.82, 2.24) is 24.6 Å². The Bertz CT molecular complexity index is 2030. The lowest BCUT2D eigenvalue weighted by molar-refractivity contribution is -0.137. The summed E-state index contributed by atoms with van der Waals surface area (Å²) in [6.07, 6.45) is -1.69. The molecule has 266 valence electrons. The topological polar surface area (TPSA) is 133 Å². The van der Waals surface area contributed by atoms with Crippen LogP contribution < -0.4 is 20.1 Å². The van der Waals surface area contributed by atoms with Gasteiger partial charge in [-0.25, -0.2) is 19.4 Å². The highest BCUT2D eigenvalue weighted by Gasteiger charge is 2.32. The normalized spacial score (nSPS) is 14.7. The zero-order valence-corrected chi connectivity index (χ0v) is 28.3. The van der Waals surface area contributed by atoms with Gasteiger partial charge in [-0.3, -0.25) is 4.79 Å². The summed E-state index contributed by atoms with van der Waals surface area (Å²) in [7, 11) is 1.60. The Hall–Kier alpha value is -5.86. The summed E-state index contributed by atoms with van der Waals surface area (Å²) in [5, 5.41) is 11.4. The number of likely N-dealkylation sites (tertiary alicyclic amines) is 1. The number of nitrogens with one attached hydrogen (secondary N) is 2. The maximum Gasteiger partial charge on any atom is 0.416 e. The minimum atomic E-state index is -4.57. The second-order valence-electron chi connectivity index (χ2n) is 12.9. The third-order valence-corrected chi connectivity index (χ3v) is 7.94. The van der Waals surface area contributed by atoms with Crippen molar-refractivity contribution in [1.29, 1.82) is 0 Å². The van der Waals surface area contributed by atoms with Crippen molar-refractivity contribution in [2.45, 2.75) is 51.6 Å². The average Bonchev–Trinajstić information content (AvgIpc) is 3.70. The second kappa shape index (κ2) is 14.2. The quantitative estimate of drug-likeness (QED) is 0.162. The fourth-order valence-electron chi connectivity index (χ4n) is 5.50. The van der Waals surface area contributed by atoms with E-state index in [1.807, 2.05) is 45.0 Å². The van der Waals surface area contributed by atoms with Crippen LogP contribution in [0.1, 0.15) is 48.7 Å². The van der Waals surface area contributed by atoms with Crippen LogP contribution in [0.3, 0.4) is 0 Å². The molecule has 15 heteroatoms. The molecule has 6 rings (SSSR count). The number of rotatable bonds is 9. The summed E-state index contributed by atoms with van der Waals surface area (Å²) in [5.41, 5.74) is 0.170. The largest absolute Gasteiger partial charge is 0.497 e. The number of nitrogens with zero attached hydrogens (tertiary/aromatic N) is 5. The number of aromatic nitrogens is 4. The van der Waals surface area contributed by atoms with E-state index in [1.54, 1.807) is 41.1 Å². The number of fused-ring (bicyclic) bond motifs is 1. The molecule has 1 unspecified atom stereocenters. The van der Waals surface area contributed by atoms with Gasteiger partial charge in [0.15, 0.2) is 11.5 Å². The standard InChI is InChI=1S/C36H36F3N7O5/c1-35(2,3)51-34(48)45-18-15-25(21-45)42-31-30-28(14-17-41-32(30)46(44-31)20-22-5-9-26(49-4)10-6-22)50-27-11-7-23(8-12-27)33(47)43-29-19-24(13-16-40-29)36(37,38)39/h5-14,16-17,19,25H,15,18,20-21H2,1-4H3,(H,42,44)(H,40,43,47). The highest BCUT2D eigenvalue weighted by atomic mass is 19.4. The monoisotopic (exact) mass is 703 g/mol. The molecule has 2 amide bonds. The number of pyridine rings is 2. The third-order valence-electron chi connectivity index (χ3n) is 7.94. The summed E-state index contributed by atoms with van der Waals surface area (Å²) in [6.45, 7) is 6.81. The Kier molecular flexibility index (Phi) is 9.72. The van der Waals surface area contributed by atoms with Gasteiger partial charge in [0.1, 0.15) is 34.1 Å². The number of alkyl halides is 3. The molecule has 1 aliphatic heterocycles. The molecule has 1 atom stereocenters. The van der Waals surface area contributed by atoms with Crippen molar-refractivity contribution in [2.24, 2.45) is 0 Å². The van der Waals surface area contributed by atoms with Gasteiger partial charge in [-0.05, 0) is 81.3 Å². The van der Waals surface area contributed by atoms with Gasteiger partial charge in [0.05, 0.1) is 19.2 Å². The predicted octanol–water partition coefficient (Wildman–Crippen LogP) is 7.37. The number of carbonyl (C=O) groups excluding carboxylic acids is 2. The first kappa shape index (κ1) is 35.0. The highest BCUT2D eigenvalue weighted by molar-refractivity contribution is 6.03. The molecule has 5 aromatic rings. The molecule has 1 saturated heterocycles. The smallest absolute Gasteiger partial charge is 0.416 e. The first-order valence-electron chi connectivity index (χ1n) is 16.1. The summed E-state index contributed by atoms with van der Waals surface area (Å²) in [6, 6.07) is 16.9. The van der Waals surface area contributed by atoms with Crippen LogP contribution in [0.2, 0.25) is 0 Å². The van der Waals surface area contributed by atoms with E-state index < -0.39 is 23.2 Å². The number of carbonyl (C=O) groups is 2. The zero-order valence-electron chi connectivity index (χ0n) is 28.3. The molecule has 1 fully saturated rings. The number of hydrogen-bond donors (Lipinski definition) is 2. The molecular weight excluding hydrogens is 667 g/mol. The Morgan fingerprint density at radius 2 is 1.65 bits per heavy atom. The number of ether oxygens (including phenoxy) is 3. The fourth-order valence-corrected chi connectivity index (χ4v) is 5.50. The van der Waals surface area contributed by atoms with Crippen LogP contribution in [-0.2, 0) is 17.5 Å². The van der Waals surface area contributed by atoms with Gasteiger partial charge in [0.2, 0.25) is 0 Å². The third kappa shape index (κ3) is 8.48. The molecule has 0 radical (unpaired) electrons. The van der Waals surface area contributed by atoms with Crippen LogP contribution in [-0.4, -0.2) is 68.5 Å². The van der Waals surface area contributed by atoms with Gasteiger partial charge in [-0.15, -0.1) is 0 Å². The molecule has 51 heavy (non-hydrogen) atoms. The molecule has 12 nitrogen and oxygen atoms in total. The molecule has 0 aliphatic carbocycles. The molecule has 4 heterocycles. The number of anilines is 2. The van der Waals surface area contributed by atoms with E-state index in [1.165, 1.54) is 12.1 Å². The maximum atomic E-state index is 13.1. The van der Waals surface area contributed by atoms with Gasteiger partial charge < -0.3 is 29.7 Å². The summed E-state index contributed by atoms with van der Waals surface area (Å²) >= 11 is 0. The minimum Gasteiger partial charge on any atom is -0.497 e. The summed E-state index contributed by atoms with van der Waals surface area (Å²) in [5.74, 6) is 1.22. The Morgan fingerprint density at radius 1 is 0.941 bits per heavy atom. The van der Waals surface area contributed by atoms with Crippen molar-refractivity contribution in [3.05, 3.63) is 95.8 Å². The molecule has 2 N–H and O–H groups in total. The number of amides is 2. The summed E-state index contributed by atoms with van der Waals surface area (Å²) < 4.78 is 58.2. The molecule has 1 aliphatic rings. The van der Waals surface area contributed by atoms with E-state index in [0.717, 1.165) is 29.6 Å². The van der Waals surface area contributed by atoms with Gasteiger partial charge >= 0.3 is 12.3 Å². The van der Waals surface area contributed by atoms with Crippen molar-refractivity contribution < 1.29 is 37.0 Å². The lowest BCUT2D eigenvalue weighted by Crippen LogP contribution is -2.36. The average molecular weight is 704 g/mol. The number of hydrogen-bond acceptors (Lipinski definition) is 9. The molecular formula is C36H36F3N7O5. The number of methoxy groups -OCH3 is 1. The van der Waals surface area contributed by atoms with E-state index in [4.69, 9.17) is 19.3 Å². The van der Waals surface area contributed by atoms with E-state index in [9.17, 15) is 22.8 Å². The van der Waals surface area contributed by atoms with Crippen LogP contribution in [0.4, 0.5) is 29.6 Å². The first-order valence-corrected chi connectivity index (χ1v) is 16.1. The maximum absolute atomic E-state index is 13.1. The van der Waals surface area contributed by atoms with Crippen LogP contribution in [0.25, 0.3) is 11.0 Å². The highest BCUT2D eigenvalue weighted by Crippen LogP contribution is 2.36. The van der Waals surface area contributed by atoms with E-state index in [0.29, 0.717) is 54.4 Å². The van der Waals surface area contributed by atoms with Crippen molar-refractivity contribution in [3.63, 3.8) is 0 Å². The number of benzene rings is 2. The van der Waals surface area contributed by atoms with Gasteiger partial charge in [-0.1, -0.05) is 12.1 Å². The zero-order chi connectivity index (χ0) is 36.3. The minimum absolute atomic E-state index is 0.123. The molecule has 2 aromatic carbocycles. The predicted molar refractivity (Wildman–Crippen MR) is 183 cm³/mol. The molecule has 0 saturated carbocycles. The Labute approximate surface area is 291 Å². The first-order chi connectivity index (χ1) is 24.3.